The van der Waals surface area contributed by atoms with Crippen LogP contribution in [0.15, 0.2) is 51.9 Å². The second kappa shape index (κ2) is 7.64. The van der Waals surface area contributed by atoms with Gasteiger partial charge in [-0.15, -0.1) is 0 Å². The average Bonchev–Trinajstić information content (AvgIpc) is 2.73. The first-order chi connectivity index (χ1) is 12.0. The molecule has 25 heavy (non-hydrogen) atoms. The molecule has 7 heteroatoms. The number of halogens is 2. The molecule has 0 aromatic heterocycles. The Hall–Kier alpha value is -1.76. The topological polar surface area (TPSA) is 41.9 Å². The molecular weight excluding hydrogens is 424 g/mol. The van der Waals surface area contributed by atoms with Crippen molar-refractivity contribution in [3.63, 3.8) is 0 Å². The van der Waals surface area contributed by atoms with Gasteiger partial charge in [0.1, 0.15) is 11.5 Å². The van der Waals surface area contributed by atoms with Crippen molar-refractivity contribution in [1.29, 1.82) is 0 Å². The van der Waals surface area contributed by atoms with Crippen molar-refractivity contribution < 1.29 is 9.53 Å². The number of benzodiazepines with no additional fused rings is 1. The maximum atomic E-state index is 11.8. The van der Waals surface area contributed by atoms with Gasteiger partial charge in [0.2, 0.25) is 0 Å². The maximum absolute atomic E-state index is 11.8. The zero-order valence-electron chi connectivity index (χ0n) is 13.3. The number of carbonyl (C=O) groups excluding carboxylic acids is 1. The highest BCUT2D eigenvalue weighted by Crippen LogP contribution is 2.31. The summed E-state index contributed by atoms with van der Waals surface area (Å²) >= 11 is 15.4. The molecule has 1 heterocycles. The zero-order chi connectivity index (χ0) is 18.0. The highest BCUT2D eigenvalue weighted by Gasteiger charge is 2.25. The molecular formula is C18H14BrClN2O2S. The Bertz CT molecular complexity index is 885. The van der Waals surface area contributed by atoms with Crippen molar-refractivity contribution in [3.05, 3.63) is 63.1 Å². The largest absolute Gasteiger partial charge is 0.468 e. The SMILES string of the molecule is COC(=O)CN1C(=S)CN=C(c2ccccc2Cl)c2cc(Br)ccc21. The van der Waals surface area contributed by atoms with Crippen LogP contribution in [0.3, 0.4) is 0 Å². The summed E-state index contributed by atoms with van der Waals surface area (Å²) in [7, 11) is 1.36. The first-order valence-electron chi connectivity index (χ1n) is 7.47. The van der Waals surface area contributed by atoms with Gasteiger partial charge in [0.25, 0.3) is 0 Å². The van der Waals surface area contributed by atoms with Gasteiger partial charge >= 0.3 is 5.97 Å². The van der Waals surface area contributed by atoms with Gasteiger partial charge in [0.15, 0.2) is 0 Å². The molecule has 0 radical (unpaired) electrons. The summed E-state index contributed by atoms with van der Waals surface area (Å²) in [4.78, 5) is 18.8. The van der Waals surface area contributed by atoms with Crippen LogP contribution in [-0.4, -0.2) is 36.9 Å². The number of methoxy groups -OCH3 is 1. The van der Waals surface area contributed by atoms with Gasteiger partial charge in [-0.3, -0.25) is 9.79 Å². The third kappa shape index (κ3) is 3.76. The molecule has 2 aromatic rings. The van der Waals surface area contributed by atoms with E-state index in [0.717, 1.165) is 27.0 Å². The summed E-state index contributed by atoms with van der Waals surface area (Å²) in [6.07, 6.45) is 0. The average molecular weight is 438 g/mol. The number of ether oxygens (including phenoxy) is 1. The standard InChI is InChI=1S/C18H14BrClN2O2S/c1-24-17(23)10-22-15-7-6-11(19)8-13(15)18(21-9-16(22)25)12-4-2-3-5-14(12)20/h2-8H,9-10H2,1H3. The molecule has 3 rings (SSSR count). The number of aliphatic imine (C=N–C) groups is 1. The third-order valence-corrected chi connectivity index (χ3v) is 4.99. The number of rotatable bonds is 3. The number of benzene rings is 2. The Kier molecular flexibility index (Phi) is 5.51. The van der Waals surface area contributed by atoms with E-state index in [1.807, 2.05) is 42.5 Å². The molecule has 0 atom stereocenters. The Morgan fingerprint density at radius 1 is 1.32 bits per heavy atom. The normalized spacial score (nSPS) is 13.8. The number of fused-ring (bicyclic) bond motifs is 1. The summed E-state index contributed by atoms with van der Waals surface area (Å²) in [5.74, 6) is -0.364. The molecule has 4 nitrogen and oxygen atoms in total. The summed E-state index contributed by atoms with van der Waals surface area (Å²) in [6, 6.07) is 13.3. The van der Waals surface area contributed by atoms with E-state index in [-0.39, 0.29) is 12.5 Å². The fraction of sp³-hybridized carbons (Fsp3) is 0.167. The lowest BCUT2D eigenvalue weighted by Gasteiger charge is -2.24. The van der Waals surface area contributed by atoms with Gasteiger partial charge in [-0.2, -0.15) is 0 Å². The number of anilines is 1. The summed E-state index contributed by atoms with van der Waals surface area (Å²) in [6.45, 7) is 0.328. The molecule has 0 saturated carbocycles. The van der Waals surface area contributed by atoms with Crippen LogP contribution in [0, 0.1) is 0 Å². The lowest BCUT2D eigenvalue weighted by atomic mass is 10.00. The van der Waals surface area contributed by atoms with E-state index in [2.05, 4.69) is 20.9 Å². The number of hydrogen-bond donors (Lipinski definition) is 0. The Labute approximate surface area is 164 Å². The van der Waals surface area contributed by atoms with Gasteiger partial charge in [0, 0.05) is 20.6 Å². The van der Waals surface area contributed by atoms with Gasteiger partial charge in [-0.1, -0.05) is 57.9 Å². The molecule has 2 aromatic carbocycles. The monoisotopic (exact) mass is 436 g/mol. The lowest BCUT2D eigenvalue weighted by Crippen LogP contribution is -2.36. The van der Waals surface area contributed by atoms with E-state index >= 15 is 0 Å². The van der Waals surface area contributed by atoms with Crippen molar-refractivity contribution in [2.24, 2.45) is 4.99 Å². The molecule has 0 fully saturated rings. The van der Waals surface area contributed by atoms with Crippen molar-refractivity contribution in [3.8, 4) is 0 Å². The number of nitrogens with zero attached hydrogens (tertiary/aromatic N) is 2. The van der Waals surface area contributed by atoms with Crippen LogP contribution in [-0.2, 0) is 9.53 Å². The van der Waals surface area contributed by atoms with Crippen molar-refractivity contribution >= 4 is 62.1 Å². The second-order valence-corrected chi connectivity index (χ2v) is 7.16. The predicted octanol–water partition coefficient (Wildman–Crippen LogP) is 4.26. The molecule has 0 aliphatic carbocycles. The van der Waals surface area contributed by atoms with E-state index in [0.29, 0.717) is 16.6 Å². The zero-order valence-corrected chi connectivity index (χ0v) is 16.5. The van der Waals surface area contributed by atoms with Gasteiger partial charge in [0.05, 0.1) is 25.1 Å². The minimum absolute atomic E-state index is 0.0370. The molecule has 1 aliphatic rings. The smallest absolute Gasteiger partial charge is 0.325 e. The van der Waals surface area contributed by atoms with Crippen LogP contribution in [0.2, 0.25) is 5.02 Å². The van der Waals surface area contributed by atoms with E-state index in [1.54, 1.807) is 4.90 Å². The molecule has 0 spiro atoms. The van der Waals surface area contributed by atoms with Crippen LogP contribution in [0.5, 0.6) is 0 Å². The Morgan fingerprint density at radius 3 is 2.80 bits per heavy atom. The quantitative estimate of drug-likeness (QED) is 0.531. The first kappa shape index (κ1) is 18.0. The number of thiocarbonyl (C=S) groups is 1. The number of carbonyl (C=O) groups is 1. The predicted molar refractivity (Wildman–Crippen MR) is 108 cm³/mol. The van der Waals surface area contributed by atoms with Gasteiger partial charge < -0.3 is 9.64 Å². The maximum Gasteiger partial charge on any atom is 0.325 e. The minimum atomic E-state index is -0.364. The molecule has 0 bridgehead atoms. The van der Waals surface area contributed by atoms with Crippen LogP contribution in [0.25, 0.3) is 0 Å². The molecule has 0 amide bonds. The molecule has 1 aliphatic heterocycles. The fourth-order valence-corrected chi connectivity index (χ4v) is 3.45. The number of hydrogen-bond acceptors (Lipinski definition) is 4. The minimum Gasteiger partial charge on any atom is -0.468 e. The van der Waals surface area contributed by atoms with E-state index < -0.39 is 0 Å². The second-order valence-electron chi connectivity index (χ2n) is 5.36. The molecule has 0 unspecified atom stereocenters. The van der Waals surface area contributed by atoms with E-state index in [1.165, 1.54) is 7.11 Å². The van der Waals surface area contributed by atoms with Crippen molar-refractivity contribution in [2.75, 3.05) is 25.1 Å². The Morgan fingerprint density at radius 2 is 2.08 bits per heavy atom. The van der Waals surface area contributed by atoms with Crippen LogP contribution < -0.4 is 4.90 Å². The highest BCUT2D eigenvalue weighted by atomic mass is 79.9. The van der Waals surface area contributed by atoms with E-state index in [4.69, 9.17) is 28.6 Å². The third-order valence-electron chi connectivity index (χ3n) is 3.82. The summed E-state index contributed by atoms with van der Waals surface area (Å²) in [5, 5.41) is 0.611. The molecule has 0 saturated heterocycles. The van der Waals surface area contributed by atoms with Crippen LogP contribution >= 0.6 is 39.7 Å². The highest BCUT2D eigenvalue weighted by molar-refractivity contribution is 9.10. The Balaban J connectivity index is 2.17. The van der Waals surface area contributed by atoms with Crippen molar-refractivity contribution in [2.45, 2.75) is 0 Å². The number of esters is 1. The van der Waals surface area contributed by atoms with Crippen LogP contribution in [0.1, 0.15) is 11.1 Å². The molecule has 128 valence electrons. The van der Waals surface area contributed by atoms with Crippen molar-refractivity contribution in [1.82, 2.24) is 0 Å². The molecule has 0 N–H and O–H groups in total. The van der Waals surface area contributed by atoms with Crippen LogP contribution in [0.4, 0.5) is 5.69 Å². The van der Waals surface area contributed by atoms with Gasteiger partial charge in [-0.25, -0.2) is 0 Å². The van der Waals surface area contributed by atoms with Gasteiger partial charge in [-0.05, 0) is 24.3 Å². The summed E-state index contributed by atoms with van der Waals surface area (Å²) < 4.78 is 5.70. The first-order valence-corrected chi connectivity index (χ1v) is 9.05. The van der Waals surface area contributed by atoms with E-state index in [9.17, 15) is 4.79 Å². The lowest BCUT2D eigenvalue weighted by molar-refractivity contribution is -0.138. The fourth-order valence-electron chi connectivity index (χ4n) is 2.64. The summed E-state index contributed by atoms with van der Waals surface area (Å²) in [5.41, 5.74) is 3.23.